The molecule has 0 amide bonds. The largest absolute Gasteiger partial charge is 0.481 e. The molecule has 0 aliphatic rings. The van der Waals surface area contributed by atoms with Crippen LogP contribution in [-0.4, -0.2) is 27.9 Å². The fourth-order valence-electron chi connectivity index (χ4n) is 0.839. The number of thioether (sulfide) groups is 1. The number of benzene rings is 1. The standard InChI is InChI=1S/C9H8O4S/c10-8(11)5-14-7-3-1-6(2-4-7)9(12)13/h1-4H,5H2,(H,10,11)(H,12,13). The number of carboxylic acid groups (broad SMARTS) is 2. The molecule has 0 unspecified atom stereocenters. The van der Waals surface area contributed by atoms with E-state index in [0.717, 1.165) is 16.7 Å². The van der Waals surface area contributed by atoms with Gasteiger partial charge < -0.3 is 10.2 Å². The first-order chi connectivity index (χ1) is 6.59. The van der Waals surface area contributed by atoms with Gasteiger partial charge in [-0.2, -0.15) is 0 Å². The molecule has 0 heterocycles. The molecule has 0 radical (unpaired) electrons. The zero-order valence-electron chi connectivity index (χ0n) is 7.14. The van der Waals surface area contributed by atoms with Gasteiger partial charge in [-0.1, -0.05) is 0 Å². The molecule has 74 valence electrons. The molecule has 0 fully saturated rings. The summed E-state index contributed by atoms with van der Waals surface area (Å²) in [4.78, 5) is 21.5. The predicted octanol–water partition coefficient (Wildman–Crippen LogP) is 1.56. The van der Waals surface area contributed by atoms with Crippen LogP contribution in [0.3, 0.4) is 0 Å². The molecule has 1 rings (SSSR count). The Labute approximate surface area is 84.6 Å². The minimum atomic E-state index is -0.986. The van der Waals surface area contributed by atoms with E-state index in [0.29, 0.717) is 0 Å². The van der Waals surface area contributed by atoms with Crippen LogP contribution in [-0.2, 0) is 4.79 Å². The Morgan fingerprint density at radius 1 is 1.14 bits per heavy atom. The van der Waals surface area contributed by atoms with Crippen LogP contribution in [0.15, 0.2) is 29.2 Å². The first-order valence-electron chi connectivity index (χ1n) is 3.77. The van der Waals surface area contributed by atoms with Crippen molar-refractivity contribution < 1.29 is 19.8 Å². The lowest BCUT2D eigenvalue weighted by atomic mass is 10.2. The fourth-order valence-corrected chi connectivity index (χ4v) is 1.46. The molecule has 0 bridgehead atoms. The second-order valence-electron chi connectivity index (χ2n) is 2.51. The van der Waals surface area contributed by atoms with E-state index in [2.05, 4.69) is 0 Å². The zero-order chi connectivity index (χ0) is 10.6. The highest BCUT2D eigenvalue weighted by atomic mass is 32.2. The van der Waals surface area contributed by atoms with Gasteiger partial charge in [0.25, 0.3) is 0 Å². The van der Waals surface area contributed by atoms with Gasteiger partial charge in [0.15, 0.2) is 0 Å². The van der Waals surface area contributed by atoms with Crippen molar-refractivity contribution in [2.24, 2.45) is 0 Å². The van der Waals surface area contributed by atoms with Crippen molar-refractivity contribution in [1.82, 2.24) is 0 Å². The number of hydrogen-bond donors (Lipinski definition) is 2. The smallest absolute Gasteiger partial charge is 0.335 e. The third-order valence-electron chi connectivity index (χ3n) is 1.46. The van der Waals surface area contributed by atoms with Crippen LogP contribution in [0.5, 0.6) is 0 Å². The average Bonchev–Trinajstić information content (AvgIpc) is 2.15. The van der Waals surface area contributed by atoms with E-state index in [1.807, 2.05) is 0 Å². The number of aliphatic carboxylic acids is 1. The number of rotatable bonds is 4. The molecule has 0 aromatic heterocycles. The van der Waals surface area contributed by atoms with Crippen molar-refractivity contribution in [2.75, 3.05) is 5.75 Å². The van der Waals surface area contributed by atoms with E-state index in [4.69, 9.17) is 10.2 Å². The monoisotopic (exact) mass is 212 g/mol. The van der Waals surface area contributed by atoms with Crippen LogP contribution in [0.1, 0.15) is 10.4 Å². The minimum absolute atomic E-state index is 0.0214. The third-order valence-corrected chi connectivity index (χ3v) is 2.46. The summed E-state index contributed by atoms with van der Waals surface area (Å²) >= 11 is 1.16. The quantitative estimate of drug-likeness (QED) is 0.741. The average molecular weight is 212 g/mol. The first-order valence-corrected chi connectivity index (χ1v) is 4.76. The fraction of sp³-hybridized carbons (Fsp3) is 0.111. The molecule has 4 nitrogen and oxygen atoms in total. The van der Waals surface area contributed by atoms with Gasteiger partial charge in [0, 0.05) is 4.90 Å². The molecule has 0 atom stereocenters. The van der Waals surface area contributed by atoms with E-state index in [1.54, 1.807) is 12.1 Å². The summed E-state index contributed by atoms with van der Waals surface area (Å²) in [7, 11) is 0. The number of hydrogen-bond acceptors (Lipinski definition) is 3. The van der Waals surface area contributed by atoms with Gasteiger partial charge in [-0.25, -0.2) is 4.79 Å². The Morgan fingerprint density at radius 2 is 1.71 bits per heavy atom. The summed E-state index contributed by atoms with van der Waals surface area (Å²) in [5.74, 6) is -1.90. The van der Waals surface area contributed by atoms with Crippen LogP contribution in [0.2, 0.25) is 0 Å². The second kappa shape index (κ2) is 4.66. The molecule has 0 aliphatic carbocycles. The van der Waals surface area contributed by atoms with E-state index in [9.17, 15) is 9.59 Å². The van der Waals surface area contributed by atoms with Crippen LogP contribution in [0.4, 0.5) is 0 Å². The van der Waals surface area contributed by atoms with Crippen molar-refractivity contribution >= 4 is 23.7 Å². The molecular formula is C9H8O4S. The minimum Gasteiger partial charge on any atom is -0.481 e. The third kappa shape index (κ3) is 3.10. The maximum atomic E-state index is 10.5. The van der Waals surface area contributed by atoms with Gasteiger partial charge in [0.1, 0.15) is 0 Å². The molecule has 0 saturated heterocycles. The van der Waals surface area contributed by atoms with Crippen LogP contribution in [0.25, 0.3) is 0 Å². The first kappa shape index (κ1) is 10.6. The lowest BCUT2D eigenvalue weighted by molar-refractivity contribution is -0.133. The lowest BCUT2D eigenvalue weighted by Crippen LogP contribution is -1.98. The van der Waals surface area contributed by atoms with E-state index in [-0.39, 0.29) is 11.3 Å². The predicted molar refractivity (Wildman–Crippen MR) is 51.8 cm³/mol. The summed E-state index contributed by atoms with van der Waals surface area (Å²) < 4.78 is 0. The molecule has 1 aromatic carbocycles. The molecule has 14 heavy (non-hydrogen) atoms. The lowest BCUT2D eigenvalue weighted by Gasteiger charge is -1.98. The summed E-state index contributed by atoms with van der Waals surface area (Å²) in [6.07, 6.45) is 0. The van der Waals surface area contributed by atoms with Gasteiger partial charge in [0.05, 0.1) is 11.3 Å². The van der Waals surface area contributed by atoms with Gasteiger partial charge in [-0.15, -0.1) is 11.8 Å². The van der Waals surface area contributed by atoms with Crippen molar-refractivity contribution in [3.8, 4) is 0 Å². The van der Waals surface area contributed by atoms with Gasteiger partial charge in [-0.05, 0) is 24.3 Å². The summed E-state index contributed by atoms with van der Waals surface area (Å²) in [6, 6.07) is 6.09. The summed E-state index contributed by atoms with van der Waals surface area (Å²) in [5.41, 5.74) is 0.199. The Hall–Kier alpha value is -1.49. The highest BCUT2D eigenvalue weighted by molar-refractivity contribution is 8.00. The summed E-state index contributed by atoms with van der Waals surface area (Å²) in [5, 5.41) is 17.0. The van der Waals surface area contributed by atoms with Crippen molar-refractivity contribution in [3.05, 3.63) is 29.8 Å². The summed E-state index contributed by atoms with van der Waals surface area (Å²) in [6.45, 7) is 0. The molecule has 0 spiro atoms. The van der Waals surface area contributed by atoms with Crippen molar-refractivity contribution in [3.63, 3.8) is 0 Å². The van der Waals surface area contributed by atoms with Gasteiger partial charge in [0.2, 0.25) is 0 Å². The van der Waals surface area contributed by atoms with E-state index in [1.165, 1.54) is 12.1 Å². The topological polar surface area (TPSA) is 74.6 Å². The molecule has 2 N–H and O–H groups in total. The van der Waals surface area contributed by atoms with E-state index >= 15 is 0 Å². The Kier molecular flexibility index (Phi) is 3.53. The van der Waals surface area contributed by atoms with Crippen molar-refractivity contribution in [2.45, 2.75) is 4.90 Å². The highest BCUT2D eigenvalue weighted by Crippen LogP contribution is 2.17. The van der Waals surface area contributed by atoms with Crippen LogP contribution in [0, 0.1) is 0 Å². The van der Waals surface area contributed by atoms with Gasteiger partial charge >= 0.3 is 11.9 Å². The number of aromatic carboxylic acids is 1. The van der Waals surface area contributed by atoms with Crippen LogP contribution >= 0.6 is 11.8 Å². The molecular weight excluding hydrogens is 204 g/mol. The van der Waals surface area contributed by atoms with Crippen molar-refractivity contribution in [1.29, 1.82) is 0 Å². The highest BCUT2D eigenvalue weighted by Gasteiger charge is 2.03. The van der Waals surface area contributed by atoms with E-state index < -0.39 is 11.9 Å². The zero-order valence-corrected chi connectivity index (χ0v) is 7.95. The Morgan fingerprint density at radius 3 is 2.14 bits per heavy atom. The molecule has 1 aromatic rings. The van der Waals surface area contributed by atoms with Gasteiger partial charge in [-0.3, -0.25) is 4.79 Å². The Balaban J connectivity index is 2.64. The normalized spacial score (nSPS) is 9.71. The second-order valence-corrected chi connectivity index (χ2v) is 3.56. The maximum Gasteiger partial charge on any atom is 0.335 e. The molecule has 5 heteroatoms. The number of carboxylic acids is 2. The van der Waals surface area contributed by atoms with Crippen LogP contribution < -0.4 is 0 Å². The Bertz CT molecular complexity index is 344. The molecule has 0 aliphatic heterocycles. The maximum absolute atomic E-state index is 10.5. The SMILES string of the molecule is O=C(O)CSc1ccc(C(=O)O)cc1. The molecule has 0 saturated carbocycles. The number of carbonyl (C=O) groups is 2.